The summed E-state index contributed by atoms with van der Waals surface area (Å²) in [6, 6.07) is 3.36. The number of hydrogen-bond acceptors (Lipinski definition) is 5. The van der Waals surface area contributed by atoms with Crippen molar-refractivity contribution in [2.24, 2.45) is 10.8 Å². The predicted molar refractivity (Wildman–Crippen MR) is 70.1 cm³/mol. The number of hydrazone groups is 1. The highest BCUT2D eigenvalue weighted by atomic mass is 19.4. The van der Waals surface area contributed by atoms with E-state index in [9.17, 15) is 22.8 Å². The summed E-state index contributed by atoms with van der Waals surface area (Å²) in [6.45, 7) is -0.667. The fraction of sp³-hybridized carbons (Fsp3) is 0.250. The molecule has 118 valence electrons. The molecule has 0 aliphatic carbocycles. The van der Waals surface area contributed by atoms with Crippen LogP contribution in [0.25, 0.3) is 0 Å². The topological polar surface area (TPSA) is 106 Å². The summed E-state index contributed by atoms with van der Waals surface area (Å²) in [5, 5.41) is 5.96. The fourth-order valence-electron chi connectivity index (χ4n) is 1.75. The molecule has 1 aromatic rings. The van der Waals surface area contributed by atoms with Gasteiger partial charge in [0.2, 0.25) is 5.91 Å². The van der Waals surface area contributed by atoms with Gasteiger partial charge < -0.3 is 15.8 Å². The minimum atomic E-state index is -4.64. The number of cyclic esters (lactones) is 1. The molecule has 10 heteroatoms. The number of primary amides is 1. The Balaban J connectivity index is 2.35. The number of benzene rings is 1. The molecule has 1 heterocycles. The van der Waals surface area contributed by atoms with E-state index >= 15 is 0 Å². The molecule has 0 aromatic heterocycles. The van der Waals surface area contributed by atoms with Gasteiger partial charge >= 0.3 is 12.3 Å². The van der Waals surface area contributed by atoms with E-state index in [1.54, 1.807) is 0 Å². The SMILES string of the molecule is NC(=O)CNc1ccc(C2=NNC(=O)OC2)cc1C(F)(F)F. The van der Waals surface area contributed by atoms with Gasteiger partial charge in [-0.25, -0.2) is 10.2 Å². The average Bonchev–Trinajstić information content (AvgIpc) is 2.45. The van der Waals surface area contributed by atoms with Crippen molar-refractivity contribution in [3.8, 4) is 0 Å². The molecular formula is C12H11F3N4O3. The molecule has 1 aliphatic rings. The molecule has 0 unspecified atom stereocenters. The fourth-order valence-corrected chi connectivity index (χ4v) is 1.75. The van der Waals surface area contributed by atoms with E-state index in [1.165, 1.54) is 6.07 Å². The van der Waals surface area contributed by atoms with Gasteiger partial charge in [0.05, 0.1) is 12.1 Å². The molecule has 7 nitrogen and oxygen atoms in total. The van der Waals surface area contributed by atoms with Crippen LogP contribution in [0.5, 0.6) is 0 Å². The quantitative estimate of drug-likeness (QED) is 0.772. The summed E-state index contributed by atoms with van der Waals surface area (Å²) in [6.07, 6.45) is -5.42. The van der Waals surface area contributed by atoms with Gasteiger partial charge in [0.15, 0.2) is 0 Å². The Kier molecular flexibility index (Phi) is 4.20. The van der Waals surface area contributed by atoms with E-state index in [1.807, 2.05) is 5.43 Å². The summed E-state index contributed by atoms with van der Waals surface area (Å²) in [7, 11) is 0. The van der Waals surface area contributed by atoms with E-state index in [-0.39, 0.29) is 23.6 Å². The molecule has 2 amide bonds. The van der Waals surface area contributed by atoms with Crippen LogP contribution in [-0.4, -0.2) is 30.9 Å². The summed E-state index contributed by atoms with van der Waals surface area (Å²) < 4.78 is 43.9. The smallest absolute Gasteiger partial charge is 0.428 e. The number of halogens is 3. The van der Waals surface area contributed by atoms with Crippen LogP contribution in [-0.2, 0) is 15.7 Å². The lowest BCUT2D eigenvalue weighted by molar-refractivity contribution is -0.137. The average molecular weight is 316 g/mol. The van der Waals surface area contributed by atoms with Crippen LogP contribution in [0, 0.1) is 0 Å². The molecule has 22 heavy (non-hydrogen) atoms. The van der Waals surface area contributed by atoms with Crippen molar-refractivity contribution in [1.82, 2.24) is 5.43 Å². The summed E-state index contributed by atoms with van der Waals surface area (Å²) in [5.74, 6) is -0.787. The first-order chi connectivity index (χ1) is 10.3. The van der Waals surface area contributed by atoms with Crippen LogP contribution in [0.1, 0.15) is 11.1 Å². The van der Waals surface area contributed by atoms with Crippen LogP contribution in [0.3, 0.4) is 0 Å². The number of rotatable bonds is 4. The third-order valence-corrected chi connectivity index (χ3v) is 2.73. The Morgan fingerprint density at radius 2 is 2.18 bits per heavy atom. The van der Waals surface area contributed by atoms with E-state index in [2.05, 4.69) is 15.2 Å². The van der Waals surface area contributed by atoms with Crippen molar-refractivity contribution in [3.05, 3.63) is 29.3 Å². The Bertz CT molecular complexity index is 643. The number of ether oxygens (including phenoxy) is 1. The minimum Gasteiger partial charge on any atom is -0.442 e. The predicted octanol–water partition coefficient (Wildman–Crippen LogP) is 1.05. The van der Waals surface area contributed by atoms with Gasteiger partial charge in [-0.3, -0.25) is 4.79 Å². The summed E-state index contributed by atoms with van der Waals surface area (Å²) >= 11 is 0. The van der Waals surface area contributed by atoms with Gasteiger partial charge in [-0.1, -0.05) is 6.07 Å². The number of nitrogens with zero attached hydrogens (tertiary/aromatic N) is 1. The Labute approximate surface area is 122 Å². The van der Waals surface area contributed by atoms with Crippen molar-refractivity contribution < 1.29 is 27.5 Å². The molecule has 2 rings (SSSR count). The van der Waals surface area contributed by atoms with Crippen molar-refractivity contribution in [2.75, 3.05) is 18.5 Å². The highest BCUT2D eigenvalue weighted by Crippen LogP contribution is 2.35. The zero-order valence-corrected chi connectivity index (χ0v) is 11.0. The maximum absolute atomic E-state index is 13.1. The molecule has 1 aliphatic heterocycles. The van der Waals surface area contributed by atoms with E-state index in [0.717, 1.165) is 12.1 Å². The van der Waals surface area contributed by atoms with Gasteiger partial charge in [0.25, 0.3) is 0 Å². The minimum absolute atomic E-state index is 0.136. The molecule has 0 radical (unpaired) electrons. The Morgan fingerprint density at radius 3 is 2.73 bits per heavy atom. The zero-order valence-electron chi connectivity index (χ0n) is 11.0. The Morgan fingerprint density at radius 1 is 1.45 bits per heavy atom. The first-order valence-corrected chi connectivity index (χ1v) is 6.00. The molecular weight excluding hydrogens is 305 g/mol. The lowest BCUT2D eigenvalue weighted by atomic mass is 10.0. The number of alkyl halides is 3. The largest absolute Gasteiger partial charge is 0.442 e. The number of carbonyl (C=O) groups excluding carboxylic acids is 2. The van der Waals surface area contributed by atoms with E-state index in [4.69, 9.17) is 5.73 Å². The molecule has 0 spiro atoms. The highest BCUT2D eigenvalue weighted by Gasteiger charge is 2.34. The Hall–Kier alpha value is -2.78. The molecule has 0 saturated heterocycles. The highest BCUT2D eigenvalue weighted by molar-refractivity contribution is 6.04. The molecule has 0 bridgehead atoms. The molecule has 0 saturated carbocycles. The number of nitrogens with two attached hydrogens (primary N) is 1. The standard InChI is InChI=1S/C12H11F3N4O3/c13-12(14,15)7-3-6(9-5-22-11(21)19-18-9)1-2-8(7)17-4-10(16)20/h1-3,17H,4-5H2,(H2,16,20)(H,19,21). The van der Waals surface area contributed by atoms with Crippen molar-refractivity contribution in [2.45, 2.75) is 6.18 Å². The third kappa shape index (κ3) is 3.65. The number of hydrogen-bond donors (Lipinski definition) is 3. The second-order valence-corrected chi connectivity index (χ2v) is 4.32. The zero-order chi connectivity index (χ0) is 16.3. The lowest BCUT2D eigenvalue weighted by Crippen LogP contribution is -2.31. The second kappa shape index (κ2) is 5.92. The van der Waals surface area contributed by atoms with Crippen LogP contribution in [0.15, 0.2) is 23.3 Å². The third-order valence-electron chi connectivity index (χ3n) is 2.73. The van der Waals surface area contributed by atoms with Crippen molar-refractivity contribution in [3.63, 3.8) is 0 Å². The van der Waals surface area contributed by atoms with Gasteiger partial charge in [-0.2, -0.15) is 18.3 Å². The van der Waals surface area contributed by atoms with E-state index in [0.29, 0.717) is 0 Å². The first-order valence-electron chi connectivity index (χ1n) is 6.00. The normalized spacial score (nSPS) is 14.7. The van der Waals surface area contributed by atoms with Gasteiger partial charge in [0, 0.05) is 11.3 Å². The number of carbonyl (C=O) groups is 2. The van der Waals surface area contributed by atoms with Crippen molar-refractivity contribution >= 4 is 23.4 Å². The monoisotopic (exact) mass is 316 g/mol. The van der Waals surface area contributed by atoms with Gasteiger partial charge in [-0.05, 0) is 12.1 Å². The molecule has 4 N–H and O–H groups in total. The number of anilines is 1. The van der Waals surface area contributed by atoms with E-state index < -0.39 is 30.3 Å². The van der Waals surface area contributed by atoms with Crippen LogP contribution in [0.4, 0.5) is 23.7 Å². The molecule has 0 atom stereocenters. The number of amides is 2. The number of nitrogens with one attached hydrogen (secondary N) is 2. The maximum Gasteiger partial charge on any atom is 0.428 e. The van der Waals surface area contributed by atoms with Gasteiger partial charge in [-0.15, -0.1) is 0 Å². The molecule has 0 fully saturated rings. The van der Waals surface area contributed by atoms with Crippen LogP contribution >= 0.6 is 0 Å². The first kappa shape index (κ1) is 15.6. The van der Waals surface area contributed by atoms with Crippen LogP contribution in [0.2, 0.25) is 0 Å². The second-order valence-electron chi connectivity index (χ2n) is 4.32. The van der Waals surface area contributed by atoms with Crippen molar-refractivity contribution in [1.29, 1.82) is 0 Å². The lowest BCUT2D eigenvalue weighted by Gasteiger charge is -2.17. The summed E-state index contributed by atoms with van der Waals surface area (Å²) in [5.41, 5.74) is 5.93. The molecule has 1 aromatic carbocycles. The summed E-state index contributed by atoms with van der Waals surface area (Å²) in [4.78, 5) is 21.5. The maximum atomic E-state index is 13.1. The van der Waals surface area contributed by atoms with Crippen LogP contribution < -0.4 is 16.5 Å². The van der Waals surface area contributed by atoms with Gasteiger partial charge in [0.1, 0.15) is 12.3 Å².